The maximum atomic E-state index is 13.1. The van der Waals surface area contributed by atoms with Crippen LogP contribution < -0.4 is 0 Å². The number of nitrogens with one attached hydrogen (secondary N) is 1. The Bertz CT molecular complexity index is 574. The summed E-state index contributed by atoms with van der Waals surface area (Å²) in [5, 5.41) is 7.28. The first kappa shape index (κ1) is 18.3. The van der Waals surface area contributed by atoms with Crippen molar-refractivity contribution >= 4 is 5.91 Å². The molecule has 0 saturated carbocycles. The van der Waals surface area contributed by atoms with Gasteiger partial charge in [-0.25, -0.2) is 4.98 Å². The van der Waals surface area contributed by atoms with Crippen molar-refractivity contribution < 1.29 is 9.53 Å². The van der Waals surface area contributed by atoms with Gasteiger partial charge in [-0.05, 0) is 39.7 Å². The summed E-state index contributed by atoms with van der Waals surface area (Å²) in [5.74, 6) is 1.80. The van der Waals surface area contributed by atoms with E-state index >= 15 is 0 Å². The van der Waals surface area contributed by atoms with E-state index in [1.165, 1.54) is 6.42 Å². The number of ether oxygens (including phenoxy) is 1. The van der Waals surface area contributed by atoms with E-state index in [-0.39, 0.29) is 18.1 Å². The number of aromatic nitrogens is 3. The summed E-state index contributed by atoms with van der Waals surface area (Å²) in [6.45, 7) is 9.23. The molecule has 25 heavy (non-hydrogen) atoms. The highest BCUT2D eigenvalue weighted by Gasteiger charge is 2.36. The molecular weight excluding hydrogens is 318 g/mol. The van der Waals surface area contributed by atoms with E-state index in [2.05, 4.69) is 40.9 Å². The molecule has 7 heteroatoms. The van der Waals surface area contributed by atoms with E-state index < -0.39 is 0 Å². The van der Waals surface area contributed by atoms with Crippen LogP contribution in [0.5, 0.6) is 0 Å². The molecule has 1 aromatic heterocycles. The summed E-state index contributed by atoms with van der Waals surface area (Å²) in [6, 6.07) is 0.408. The fourth-order valence-corrected chi connectivity index (χ4v) is 3.86. The molecule has 3 rings (SSSR count). The lowest BCUT2D eigenvalue weighted by atomic mass is 9.98. The van der Waals surface area contributed by atoms with Crippen molar-refractivity contribution in [3.05, 3.63) is 11.6 Å². The molecule has 1 aromatic rings. The van der Waals surface area contributed by atoms with Gasteiger partial charge in [-0.3, -0.25) is 14.8 Å². The van der Waals surface area contributed by atoms with E-state index in [1.807, 2.05) is 4.90 Å². The lowest BCUT2D eigenvalue weighted by Crippen LogP contribution is -2.55. The van der Waals surface area contributed by atoms with E-state index in [0.717, 1.165) is 38.1 Å². The van der Waals surface area contributed by atoms with Crippen LogP contribution in [0.4, 0.5) is 0 Å². The molecule has 2 aliphatic rings. The normalized spacial score (nSPS) is 25.5. The quantitative estimate of drug-likeness (QED) is 0.879. The number of likely N-dealkylation sites (tertiary alicyclic amines) is 1. The van der Waals surface area contributed by atoms with Crippen LogP contribution in [0.1, 0.15) is 64.2 Å². The molecule has 2 aliphatic heterocycles. The SMILES string of the molecule is CCCc1nc([C@H]2CN(C(=O)[C@H]3CCCCN3C(C)C)CCO2)n[nH]1. The van der Waals surface area contributed by atoms with Gasteiger partial charge in [0.1, 0.15) is 11.9 Å². The molecule has 1 N–H and O–H groups in total. The lowest BCUT2D eigenvalue weighted by Gasteiger charge is -2.41. The fourth-order valence-electron chi connectivity index (χ4n) is 3.86. The van der Waals surface area contributed by atoms with Crippen LogP contribution in [-0.4, -0.2) is 69.2 Å². The predicted octanol–water partition coefficient (Wildman–Crippen LogP) is 1.92. The molecule has 2 fully saturated rings. The Hall–Kier alpha value is -1.47. The van der Waals surface area contributed by atoms with Crippen LogP contribution in [0.3, 0.4) is 0 Å². The van der Waals surface area contributed by atoms with Gasteiger partial charge in [-0.2, -0.15) is 5.10 Å². The summed E-state index contributed by atoms with van der Waals surface area (Å²) in [7, 11) is 0. The maximum Gasteiger partial charge on any atom is 0.240 e. The van der Waals surface area contributed by atoms with Crippen molar-refractivity contribution in [3.8, 4) is 0 Å². The number of amides is 1. The molecule has 0 bridgehead atoms. The van der Waals surface area contributed by atoms with Crippen LogP contribution >= 0.6 is 0 Å². The second kappa shape index (κ2) is 8.27. The molecule has 2 saturated heterocycles. The highest BCUT2D eigenvalue weighted by molar-refractivity contribution is 5.82. The average Bonchev–Trinajstić information content (AvgIpc) is 3.10. The third-order valence-corrected chi connectivity index (χ3v) is 5.19. The third-order valence-electron chi connectivity index (χ3n) is 5.19. The fraction of sp³-hybridized carbons (Fsp3) is 0.833. The maximum absolute atomic E-state index is 13.1. The highest BCUT2D eigenvalue weighted by atomic mass is 16.5. The molecule has 0 unspecified atom stereocenters. The van der Waals surface area contributed by atoms with Crippen LogP contribution in [0, 0.1) is 0 Å². The van der Waals surface area contributed by atoms with Crippen molar-refractivity contribution in [3.63, 3.8) is 0 Å². The van der Waals surface area contributed by atoms with Gasteiger partial charge in [0.2, 0.25) is 5.91 Å². The molecule has 2 atom stereocenters. The number of nitrogens with zero attached hydrogens (tertiary/aromatic N) is 4. The van der Waals surface area contributed by atoms with Crippen molar-refractivity contribution in [2.75, 3.05) is 26.2 Å². The van der Waals surface area contributed by atoms with Gasteiger partial charge < -0.3 is 9.64 Å². The predicted molar refractivity (Wildman–Crippen MR) is 95.1 cm³/mol. The monoisotopic (exact) mass is 349 g/mol. The second-order valence-corrected chi connectivity index (χ2v) is 7.38. The minimum absolute atomic E-state index is 0.00953. The van der Waals surface area contributed by atoms with Gasteiger partial charge in [-0.15, -0.1) is 0 Å². The second-order valence-electron chi connectivity index (χ2n) is 7.38. The van der Waals surface area contributed by atoms with E-state index in [4.69, 9.17) is 4.74 Å². The van der Waals surface area contributed by atoms with E-state index in [0.29, 0.717) is 31.6 Å². The number of hydrogen-bond donors (Lipinski definition) is 1. The molecule has 7 nitrogen and oxygen atoms in total. The molecule has 140 valence electrons. The Morgan fingerprint density at radius 2 is 2.20 bits per heavy atom. The number of carbonyl (C=O) groups excluding carboxylic acids is 1. The summed E-state index contributed by atoms with van der Waals surface area (Å²) in [4.78, 5) is 22.0. The largest absolute Gasteiger partial charge is 0.366 e. The molecule has 1 amide bonds. The Balaban J connectivity index is 1.66. The molecule has 3 heterocycles. The number of carbonyl (C=O) groups is 1. The first-order valence-electron chi connectivity index (χ1n) is 9.67. The minimum Gasteiger partial charge on any atom is -0.366 e. The van der Waals surface area contributed by atoms with Gasteiger partial charge >= 0.3 is 0 Å². The molecule has 0 aliphatic carbocycles. The zero-order valence-electron chi connectivity index (χ0n) is 15.7. The van der Waals surface area contributed by atoms with E-state index in [9.17, 15) is 4.79 Å². The zero-order chi connectivity index (χ0) is 17.8. The standard InChI is InChI=1S/C18H31N5O2/c1-4-7-16-19-17(21-20-16)15-12-22(10-11-25-15)18(24)14-8-5-6-9-23(14)13(2)3/h13-15H,4-12H2,1-3H3,(H,19,20,21)/t14-,15-/m1/s1. The smallest absolute Gasteiger partial charge is 0.240 e. The Kier molecular flexibility index (Phi) is 6.06. The van der Waals surface area contributed by atoms with E-state index in [1.54, 1.807) is 0 Å². The summed E-state index contributed by atoms with van der Waals surface area (Å²) in [6.07, 6.45) is 4.96. The molecular formula is C18H31N5O2. The number of hydrogen-bond acceptors (Lipinski definition) is 5. The van der Waals surface area contributed by atoms with Gasteiger partial charge in [0.05, 0.1) is 19.2 Å². The first-order chi connectivity index (χ1) is 12.1. The Labute approximate surface area is 150 Å². The van der Waals surface area contributed by atoms with Crippen molar-refractivity contribution in [2.45, 2.75) is 71.1 Å². The first-order valence-corrected chi connectivity index (χ1v) is 9.67. The lowest BCUT2D eigenvalue weighted by molar-refractivity contribution is -0.147. The van der Waals surface area contributed by atoms with Crippen LogP contribution in [0.2, 0.25) is 0 Å². The number of piperidine rings is 1. The van der Waals surface area contributed by atoms with Crippen LogP contribution in [0.15, 0.2) is 0 Å². The van der Waals surface area contributed by atoms with Crippen molar-refractivity contribution in [2.24, 2.45) is 0 Å². The minimum atomic E-state index is -0.226. The zero-order valence-corrected chi connectivity index (χ0v) is 15.7. The summed E-state index contributed by atoms with van der Waals surface area (Å²) < 4.78 is 5.85. The van der Waals surface area contributed by atoms with Gasteiger partial charge in [0.15, 0.2) is 5.82 Å². The molecule has 0 spiro atoms. The third kappa shape index (κ3) is 4.20. The van der Waals surface area contributed by atoms with Crippen molar-refractivity contribution in [1.82, 2.24) is 25.0 Å². The number of rotatable bonds is 5. The number of aryl methyl sites for hydroxylation is 1. The summed E-state index contributed by atoms with van der Waals surface area (Å²) >= 11 is 0. The highest BCUT2D eigenvalue weighted by Crippen LogP contribution is 2.25. The Morgan fingerprint density at radius 3 is 2.96 bits per heavy atom. The van der Waals surface area contributed by atoms with Gasteiger partial charge in [0, 0.05) is 19.0 Å². The molecule has 0 aromatic carbocycles. The van der Waals surface area contributed by atoms with Crippen LogP contribution in [-0.2, 0) is 16.0 Å². The number of morpholine rings is 1. The molecule has 0 radical (unpaired) electrons. The summed E-state index contributed by atoms with van der Waals surface area (Å²) in [5.41, 5.74) is 0. The number of aromatic amines is 1. The van der Waals surface area contributed by atoms with Crippen LogP contribution in [0.25, 0.3) is 0 Å². The number of H-pyrrole nitrogens is 1. The average molecular weight is 349 g/mol. The van der Waals surface area contributed by atoms with Gasteiger partial charge in [0.25, 0.3) is 0 Å². The van der Waals surface area contributed by atoms with Gasteiger partial charge in [-0.1, -0.05) is 13.3 Å². The Morgan fingerprint density at radius 1 is 1.36 bits per heavy atom. The topological polar surface area (TPSA) is 74.3 Å². The van der Waals surface area contributed by atoms with Crippen molar-refractivity contribution in [1.29, 1.82) is 0 Å².